The molecule has 0 saturated carbocycles. The molecule has 0 heterocycles. The minimum Gasteiger partial charge on any atom is -0.463 e. The van der Waals surface area contributed by atoms with Crippen LogP contribution in [0.2, 0.25) is 0 Å². The highest BCUT2D eigenvalue weighted by molar-refractivity contribution is 5.81. The van der Waals surface area contributed by atoms with Crippen LogP contribution in [0.4, 0.5) is 0 Å². The summed E-state index contributed by atoms with van der Waals surface area (Å²) in [7, 11) is 0. The summed E-state index contributed by atoms with van der Waals surface area (Å²) in [6.45, 7) is 13.7. The van der Waals surface area contributed by atoms with Crippen LogP contribution in [0.15, 0.2) is 49.6 Å². The fourth-order valence-electron chi connectivity index (χ4n) is 5.26. The van der Waals surface area contributed by atoms with E-state index in [4.69, 9.17) is 28.4 Å². The molecule has 0 spiro atoms. The van der Waals surface area contributed by atoms with Crippen molar-refractivity contribution < 1.29 is 47.6 Å². The molecule has 0 bridgehead atoms. The van der Waals surface area contributed by atoms with Gasteiger partial charge in [-0.15, -0.1) is 0 Å². The second-order valence-corrected chi connectivity index (χ2v) is 12.4. The number of hydrogen-bond acceptors (Lipinski definition) is 10. The van der Waals surface area contributed by atoms with Gasteiger partial charge in [0.15, 0.2) is 0 Å². The van der Waals surface area contributed by atoms with Gasteiger partial charge < -0.3 is 28.4 Å². The van der Waals surface area contributed by atoms with Gasteiger partial charge in [0.1, 0.15) is 11.5 Å². The van der Waals surface area contributed by atoms with Crippen molar-refractivity contribution in [3.8, 4) is 11.5 Å². The Balaban J connectivity index is 2.26. The van der Waals surface area contributed by atoms with E-state index in [1.54, 1.807) is 24.3 Å². The Morgan fingerprint density at radius 1 is 0.600 bits per heavy atom. The number of ether oxygens (including phenoxy) is 6. The molecule has 2 unspecified atom stereocenters. The molecule has 10 nitrogen and oxygen atoms in total. The SMILES string of the molecule is C=CC(=O)OCCCCCCOCCCC(CCC)C(=O)Oc1ccc(OC(=O)CCCC(CCC)OCCCCCCOC(=O)C=C)cc1. The van der Waals surface area contributed by atoms with Gasteiger partial charge in [-0.3, -0.25) is 9.59 Å². The molecule has 10 heteroatoms. The van der Waals surface area contributed by atoms with Crippen LogP contribution >= 0.6 is 0 Å². The molecule has 0 N–H and O–H groups in total. The first-order valence-corrected chi connectivity index (χ1v) is 18.6. The molecule has 0 aliphatic rings. The summed E-state index contributed by atoms with van der Waals surface area (Å²) in [5, 5.41) is 0. The van der Waals surface area contributed by atoms with Crippen molar-refractivity contribution in [2.45, 2.75) is 129 Å². The first-order chi connectivity index (χ1) is 24.3. The van der Waals surface area contributed by atoms with Crippen molar-refractivity contribution in [3.63, 3.8) is 0 Å². The van der Waals surface area contributed by atoms with Crippen LogP contribution in [-0.2, 0) is 38.1 Å². The van der Waals surface area contributed by atoms with Gasteiger partial charge in [-0.05, 0) is 101 Å². The smallest absolute Gasteiger partial charge is 0.330 e. The van der Waals surface area contributed by atoms with Crippen molar-refractivity contribution in [1.29, 1.82) is 0 Å². The van der Waals surface area contributed by atoms with Gasteiger partial charge in [0.2, 0.25) is 0 Å². The highest BCUT2D eigenvalue weighted by Gasteiger charge is 2.20. The lowest BCUT2D eigenvalue weighted by Crippen LogP contribution is -2.21. The van der Waals surface area contributed by atoms with Gasteiger partial charge in [-0.1, -0.05) is 52.7 Å². The normalized spacial score (nSPS) is 12.0. The van der Waals surface area contributed by atoms with E-state index >= 15 is 0 Å². The molecule has 0 saturated heterocycles. The highest BCUT2D eigenvalue weighted by atomic mass is 16.5. The number of rotatable bonds is 32. The van der Waals surface area contributed by atoms with E-state index in [1.807, 2.05) is 6.92 Å². The van der Waals surface area contributed by atoms with Gasteiger partial charge in [-0.2, -0.15) is 0 Å². The van der Waals surface area contributed by atoms with E-state index in [1.165, 1.54) is 12.2 Å². The highest BCUT2D eigenvalue weighted by Crippen LogP contribution is 2.22. The number of hydrogen-bond donors (Lipinski definition) is 0. The Kier molecular flexibility index (Phi) is 27.0. The summed E-state index contributed by atoms with van der Waals surface area (Å²) in [6, 6.07) is 6.58. The zero-order valence-corrected chi connectivity index (χ0v) is 30.7. The predicted molar refractivity (Wildman–Crippen MR) is 194 cm³/mol. The number of carbonyl (C=O) groups is 4. The summed E-state index contributed by atoms with van der Waals surface area (Å²) < 4.78 is 32.9. The Bertz CT molecular complexity index is 1080. The molecule has 282 valence electrons. The molecule has 0 amide bonds. The van der Waals surface area contributed by atoms with Crippen LogP contribution in [0.1, 0.15) is 123 Å². The van der Waals surface area contributed by atoms with Crippen molar-refractivity contribution in [3.05, 3.63) is 49.6 Å². The quantitative estimate of drug-likeness (QED) is 0.0312. The zero-order chi connectivity index (χ0) is 36.7. The number of esters is 4. The Hall–Kier alpha value is -3.50. The Morgan fingerprint density at radius 2 is 1.12 bits per heavy atom. The van der Waals surface area contributed by atoms with Crippen molar-refractivity contribution >= 4 is 23.9 Å². The summed E-state index contributed by atoms with van der Waals surface area (Å²) in [5.74, 6) is -0.715. The van der Waals surface area contributed by atoms with Crippen LogP contribution in [0.3, 0.4) is 0 Å². The van der Waals surface area contributed by atoms with Crippen LogP contribution in [0, 0.1) is 5.92 Å². The minimum absolute atomic E-state index is 0.115. The monoisotopic (exact) mass is 702 g/mol. The van der Waals surface area contributed by atoms with Crippen LogP contribution in [0.25, 0.3) is 0 Å². The molecule has 1 rings (SSSR count). The lowest BCUT2D eigenvalue weighted by atomic mass is 9.98. The van der Waals surface area contributed by atoms with Gasteiger partial charge in [0, 0.05) is 38.4 Å². The zero-order valence-electron chi connectivity index (χ0n) is 30.7. The number of carbonyl (C=O) groups excluding carboxylic acids is 4. The maximum Gasteiger partial charge on any atom is 0.330 e. The molecule has 2 atom stereocenters. The largest absolute Gasteiger partial charge is 0.463 e. The van der Waals surface area contributed by atoms with E-state index in [9.17, 15) is 19.2 Å². The first kappa shape index (κ1) is 44.5. The first-order valence-electron chi connectivity index (χ1n) is 18.6. The lowest BCUT2D eigenvalue weighted by molar-refractivity contribution is -0.140. The Morgan fingerprint density at radius 3 is 1.68 bits per heavy atom. The third-order valence-electron chi connectivity index (χ3n) is 8.00. The molecule has 0 radical (unpaired) electrons. The summed E-state index contributed by atoms with van der Waals surface area (Å²) in [6.07, 6.45) is 16.8. The van der Waals surface area contributed by atoms with Crippen molar-refractivity contribution in [2.75, 3.05) is 33.0 Å². The maximum atomic E-state index is 12.9. The third-order valence-corrected chi connectivity index (χ3v) is 8.00. The molecule has 1 aromatic carbocycles. The Labute approximate surface area is 300 Å². The fourth-order valence-corrected chi connectivity index (χ4v) is 5.26. The molecular weight excluding hydrogens is 640 g/mol. The van der Waals surface area contributed by atoms with E-state index in [2.05, 4.69) is 20.1 Å². The number of unbranched alkanes of at least 4 members (excludes halogenated alkanes) is 6. The van der Waals surface area contributed by atoms with Crippen molar-refractivity contribution in [1.82, 2.24) is 0 Å². The maximum absolute atomic E-state index is 12.9. The minimum atomic E-state index is -0.386. The standard InChI is InChI=1S/C40H62O10/c1-5-19-33(21-18-29-45-28-13-9-10-15-31-47-37(41)7-3)40(44)50-36-26-24-35(25-27-36)49-39(43)23-17-22-34(20-6-2)46-30-14-11-12-16-32-48-38(42)8-4/h7-8,24-27,33-34H,3-6,9-23,28-32H2,1-2H3. The summed E-state index contributed by atoms with van der Waals surface area (Å²) >= 11 is 0. The molecular formula is C40H62O10. The van der Waals surface area contributed by atoms with E-state index in [0.717, 1.165) is 89.9 Å². The molecule has 0 aliphatic carbocycles. The fraction of sp³-hybridized carbons (Fsp3) is 0.650. The average Bonchev–Trinajstić information content (AvgIpc) is 3.11. The number of benzene rings is 1. The topological polar surface area (TPSA) is 124 Å². The van der Waals surface area contributed by atoms with Gasteiger partial charge in [-0.25, -0.2) is 9.59 Å². The molecule has 0 aromatic heterocycles. The average molecular weight is 703 g/mol. The lowest BCUT2D eigenvalue weighted by Gasteiger charge is -2.17. The summed E-state index contributed by atoms with van der Waals surface area (Å²) in [5.41, 5.74) is 0. The third kappa shape index (κ3) is 23.8. The molecule has 1 aromatic rings. The van der Waals surface area contributed by atoms with Crippen LogP contribution in [-0.4, -0.2) is 63.0 Å². The van der Waals surface area contributed by atoms with E-state index < -0.39 is 0 Å². The summed E-state index contributed by atoms with van der Waals surface area (Å²) in [4.78, 5) is 47.4. The van der Waals surface area contributed by atoms with Gasteiger partial charge in [0.05, 0.1) is 25.2 Å². The van der Waals surface area contributed by atoms with Crippen LogP contribution in [0.5, 0.6) is 11.5 Å². The molecule has 0 aliphatic heterocycles. The van der Waals surface area contributed by atoms with Gasteiger partial charge in [0.25, 0.3) is 0 Å². The van der Waals surface area contributed by atoms with Crippen LogP contribution < -0.4 is 9.47 Å². The van der Waals surface area contributed by atoms with Crippen molar-refractivity contribution in [2.24, 2.45) is 5.92 Å². The molecule has 50 heavy (non-hydrogen) atoms. The molecule has 0 fully saturated rings. The second-order valence-electron chi connectivity index (χ2n) is 12.4. The van der Waals surface area contributed by atoms with E-state index in [-0.39, 0.29) is 35.9 Å². The predicted octanol–water partition coefficient (Wildman–Crippen LogP) is 8.65. The van der Waals surface area contributed by atoms with Gasteiger partial charge >= 0.3 is 23.9 Å². The second kappa shape index (κ2) is 30.3. The van der Waals surface area contributed by atoms with E-state index in [0.29, 0.717) is 63.8 Å².